The summed E-state index contributed by atoms with van der Waals surface area (Å²) < 4.78 is 0. The first-order valence-corrected chi connectivity index (χ1v) is 8.73. The van der Waals surface area contributed by atoms with E-state index in [0.717, 1.165) is 24.2 Å². The Balaban J connectivity index is 1.48. The van der Waals surface area contributed by atoms with Crippen molar-refractivity contribution in [2.45, 2.75) is 69.9 Å². The van der Waals surface area contributed by atoms with Crippen LogP contribution < -0.4 is 0 Å². The minimum Gasteiger partial charge on any atom is -0.332 e. The number of hydrogen-bond donors (Lipinski definition) is 0. The number of rotatable bonds is 1. The second-order valence-electron chi connectivity index (χ2n) is 8.37. The average Bonchev–Trinajstić information content (AvgIpc) is 2.65. The number of carbonyl (C=O) groups excluding carboxylic acids is 1. The Kier molecular flexibility index (Phi) is 2.30. The van der Waals surface area contributed by atoms with Crippen LogP contribution in [0.1, 0.15) is 57.8 Å². The van der Waals surface area contributed by atoms with E-state index in [1.807, 2.05) is 0 Å². The SMILES string of the molecule is O=C(N1[C@H]2CC=C[C@H]1CC2)C12CC3CC(CC(C3)C1)C2. The Morgan fingerprint density at radius 1 is 1.00 bits per heavy atom. The summed E-state index contributed by atoms with van der Waals surface area (Å²) in [6.07, 6.45) is 16.1. The fourth-order valence-corrected chi connectivity index (χ4v) is 6.69. The van der Waals surface area contributed by atoms with Gasteiger partial charge in [-0.3, -0.25) is 4.79 Å². The molecule has 0 unspecified atom stereocenters. The third kappa shape index (κ3) is 1.48. The predicted octanol–water partition coefficient (Wildman–Crippen LogP) is 3.52. The summed E-state index contributed by atoms with van der Waals surface area (Å²) in [7, 11) is 0. The molecule has 6 aliphatic rings. The molecule has 0 N–H and O–H groups in total. The van der Waals surface area contributed by atoms with Crippen LogP contribution in [0.25, 0.3) is 0 Å². The van der Waals surface area contributed by atoms with Crippen molar-refractivity contribution in [1.29, 1.82) is 0 Å². The van der Waals surface area contributed by atoms with Gasteiger partial charge in [-0.15, -0.1) is 0 Å². The second kappa shape index (κ2) is 3.90. The lowest BCUT2D eigenvalue weighted by atomic mass is 9.49. The molecular formula is C18H25NO. The molecule has 0 aromatic carbocycles. The normalized spacial score (nSPS) is 51.8. The molecule has 2 atom stereocenters. The number of hydrogen-bond acceptors (Lipinski definition) is 1. The van der Waals surface area contributed by atoms with E-state index in [1.54, 1.807) is 0 Å². The van der Waals surface area contributed by atoms with Crippen molar-refractivity contribution in [1.82, 2.24) is 4.90 Å². The molecule has 2 heteroatoms. The zero-order valence-electron chi connectivity index (χ0n) is 12.3. The number of carbonyl (C=O) groups is 1. The molecule has 4 saturated carbocycles. The summed E-state index contributed by atoms with van der Waals surface area (Å²) >= 11 is 0. The van der Waals surface area contributed by atoms with E-state index >= 15 is 0 Å². The molecule has 1 amide bonds. The van der Waals surface area contributed by atoms with Gasteiger partial charge in [-0.05, 0) is 75.5 Å². The Morgan fingerprint density at radius 3 is 2.25 bits per heavy atom. The first-order valence-electron chi connectivity index (χ1n) is 8.73. The molecule has 4 aliphatic carbocycles. The zero-order chi connectivity index (χ0) is 13.3. The van der Waals surface area contributed by atoms with Gasteiger partial charge in [0.1, 0.15) is 0 Å². The van der Waals surface area contributed by atoms with Gasteiger partial charge in [-0.2, -0.15) is 0 Å². The van der Waals surface area contributed by atoms with Crippen molar-refractivity contribution < 1.29 is 4.79 Å². The van der Waals surface area contributed by atoms with Crippen LogP contribution in [0.15, 0.2) is 12.2 Å². The molecule has 5 fully saturated rings. The van der Waals surface area contributed by atoms with E-state index in [1.165, 1.54) is 51.4 Å². The molecular weight excluding hydrogens is 246 g/mol. The summed E-state index contributed by atoms with van der Waals surface area (Å²) in [6.45, 7) is 0. The highest BCUT2D eigenvalue weighted by atomic mass is 16.2. The van der Waals surface area contributed by atoms with Crippen molar-refractivity contribution >= 4 is 5.91 Å². The number of fused-ring (bicyclic) bond motifs is 2. The molecule has 20 heavy (non-hydrogen) atoms. The van der Waals surface area contributed by atoms with Crippen molar-refractivity contribution in [3.63, 3.8) is 0 Å². The molecule has 0 aromatic rings. The van der Waals surface area contributed by atoms with Gasteiger partial charge in [0.2, 0.25) is 5.91 Å². The largest absolute Gasteiger partial charge is 0.332 e. The van der Waals surface area contributed by atoms with E-state index < -0.39 is 0 Å². The lowest BCUT2D eigenvalue weighted by molar-refractivity contribution is -0.160. The monoisotopic (exact) mass is 271 g/mol. The predicted molar refractivity (Wildman–Crippen MR) is 78.0 cm³/mol. The summed E-state index contributed by atoms with van der Waals surface area (Å²) in [6, 6.07) is 0.972. The lowest BCUT2D eigenvalue weighted by Crippen LogP contribution is -2.57. The van der Waals surface area contributed by atoms with Gasteiger partial charge < -0.3 is 4.90 Å². The molecule has 0 aromatic heterocycles. The van der Waals surface area contributed by atoms with Gasteiger partial charge in [0.25, 0.3) is 0 Å². The van der Waals surface area contributed by atoms with Crippen LogP contribution in [0.3, 0.4) is 0 Å². The maximum Gasteiger partial charge on any atom is 0.229 e. The third-order valence-corrected chi connectivity index (χ3v) is 7.04. The molecule has 2 aliphatic heterocycles. The van der Waals surface area contributed by atoms with E-state index in [4.69, 9.17) is 0 Å². The third-order valence-electron chi connectivity index (χ3n) is 7.04. The van der Waals surface area contributed by atoms with Crippen LogP contribution in [0.4, 0.5) is 0 Å². The molecule has 108 valence electrons. The molecule has 0 radical (unpaired) electrons. The van der Waals surface area contributed by atoms with Gasteiger partial charge in [0.15, 0.2) is 0 Å². The first-order chi connectivity index (χ1) is 9.73. The maximum atomic E-state index is 13.4. The minimum absolute atomic E-state index is 0.0702. The van der Waals surface area contributed by atoms with Crippen molar-refractivity contribution in [2.24, 2.45) is 23.2 Å². The van der Waals surface area contributed by atoms with Gasteiger partial charge in [0, 0.05) is 6.04 Å². The highest BCUT2D eigenvalue weighted by Crippen LogP contribution is 2.61. The van der Waals surface area contributed by atoms with Crippen LogP contribution in [0.2, 0.25) is 0 Å². The van der Waals surface area contributed by atoms with Crippen LogP contribution in [0, 0.1) is 23.2 Å². The summed E-state index contributed by atoms with van der Waals surface area (Å²) in [5.41, 5.74) is 0.0702. The van der Waals surface area contributed by atoms with Crippen LogP contribution in [-0.2, 0) is 4.79 Å². The molecule has 2 nitrogen and oxygen atoms in total. The second-order valence-corrected chi connectivity index (χ2v) is 8.37. The van der Waals surface area contributed by atoms with E-state index in [-0.39, 0.29) is 5.41 Å². The maximum absolute atomic E-state index is 13.4. The van der Waals surface area contributed by atoms with Gasteiger partial charge in [0.05, 0.1) is 11.5 Å². The standard InChI is InChI=1S/C18H25NO/c20-17(19-15-2-1-3-16(19)5-4-15)18-9-12-6-13(10-18)8-14(7-12)11-18/h1-2,12-16H,3-11H2/t12?,13?,14?,15-,16-,18?/m0/s1. The van der Waals surface area contributed by atoms with E-state index in [2.05, 4.69) is 17.1 Å². The summed E-state index contributed by atoms with van der Waals surface area (Å²) in [5.74, 6) is 3.20. The van der Waals surface area contributed by atoms with Crippen LogP contribution in [-0.4, -0.2) is 22.9 Å². The molecule has 6 bridgehead atoms. The van der Waals surface area contributed by atoms with Gasteiger partial charge in [-0.1, -0.05) is 12.2 Å². The Bertz CT molecular complexity index is 445. The quantitative estimate of drug-likeness (QED) is 0.668. The van der Waals surface area contributed by atoms with Crippen LogP contribution >= 0.6 is 0 Å². The molecule has 2 heterocycles. The Hall–Kier alpha value is -0.790. The van der Waals surface area contributed by atoms with E-state index in [0.29, 0.717) is 18.0 Å². The number of nitrogens with zero attached hydrogens (tertiary/aromatic N) is 1. The van der Waals surface area contributed by atoms with E-state index in [9.17, 15) is 4.79 Å². The van der Waals surface area contributed by atoms with Gasteiger partial charge >= 0.3 is 0 Å². The van der Waals surface area contributed by atoms with Gasteiger partial charge in [-0.25, -0.2) is 0 Å². The lowest BCUT2D eigenvalue weighted by Gasteiger charge is -2.57. The molecule has 6 rings (SSSR count). The number of amides is 1. The molecule has 1 saturated heterocycles. The van der Waals surface area contributed by atoms with Crippen molar-refractivity contribution in [3.05, 3.63) is 12.2 Å². The fourth-order valence-electron chi connectivity index (χ4n) is 6.69. The highest BCUT2D eigenvalue weighted by molar-refractivity contribution is 5.84. The Labute approximate surface area is 121 Å². The first kappa shape index (κ1) is 11.8. The topological polar surface area (TPSA) is 20.3 Å². The van der Waals surface area contributed by atoms with Crippen LogP contribution in [0.5, 0.6) is 0 Å². The van der Waals surface area contributed by atoms with Crippen molar-refractivity contribution in [2.75, 3.05) is 0 Å². The summed E-state index contributed by atoms with van der Waals surface area (Å²) in [4.78, 5) is 15.7. The Morgan fingerprint density at radius 2 is 1.65 bits per heavy atom. The minimum atomic E-state index is 0.0702. The molecule has 0 spiro atoms. The highest BCUT2D eigenvalue weighted by Gasteiger charge is 2.57. The average molecular weight is 271 g/mol. The zero-order valence-corrected chi connectivity index (χ0v) is 12.3. The summed E-state index contributed by atoms with van der Waals surface area (Å²) in [5, 5.41) is 0. The fraction of sp³-hybridized carbons (Fsp3) is 0.833. The van der Waals surface area contributed by atoms with Crippen molar-refractivity contribution in [3.8, 4) is 0 Å². The smallest absolute Gasteiger partial charge is 0.229 e.